The third-order valence-electron chi connectivity index (χ3n) is 3.65. The lowest BCUT2D eigenvalue weighted by atomic mass is 10.3. The number of nitrogens with zero attached hydrogens (tertiary/aromatic N) is 5. The normalized spacial score (nSPS) is 10.8. The van der Waals surface area contributed by atoms with Crippen molar-refractivity contribution in [3.8, 4) is 16.6 Å². The summed E-state index contributed by atoms with van der Waals surface area (Å²) in [6.45, 7) is 3.67. The first kappa shape index (κ1) is 16.2. The zero-order valence-corrected chi connectivity index (χ0v) is 14.8. The highest BCUT2D eigenvalue weighted by atomic mass is 32.1. The number of hydrogen-bond acceptors (Lipinski definition) is 7. The van der Waals surface area contributed by atoms with Gasteiger partial charge in [-0.1, -0.05) is 0 Å². The largest absolute Gasteiger partial charge is 0.432 e. The van der Waals surface area contributed by atoms with E-state index < -0.39 is 6.09 Å². The summed E-state index contributed by atoms with van der Waals surface area (Å²) in [6, 6.07) is 3.73. The number of fused-ring (bicyclic) bond motifs is 1. The van der Waals surface area contributed by atoms with Gasteiger partial charge in [-0.25, -0.2) is 25.2 Å². The van der Waals surface area contributed by atoms with Crippen molar-refractivity contribution >= 4 is 28.3 Å². The molecule has 0 radical (unpaired) electrons. The average molecular weight is 366 g/mol. The fourth-order valence-corrected chi connectivity index (χ4v) is 3.14. The molecule has 130 valence electrons. The van der Waals surface area contributed by atoms with Crippen LogP contribution in [-0.4, -0.2) is 30.7 Å². The Morgan fingerprint density at radius 3 is 2.88 bits per heavy atom. The Balaban J connectivity index is 1.50. The fourth-order valence-electron chi connectivity index (χ4n) is 2.41. The van der Waals surface area contributed by atoms with Gasteiger partial charge >= 0.3 is 6.09 Å². The zero-order chi connectivity index (χ0) is 18.1. The van der Waals surface area contributed by atoms with Crippen LogP contribution in [0.1, 0.15) is 11.4 Å². The SMILES string of the molecule is Cc1csc(-c2ncc(OC(=O)Nn3ccc4ccncc43)c(C)n2)n1. The predicted octanol–water partition coefficient (Wildman–Crippen LogP) is 3.31. The first-order valence-corrected chi connectivity index (χ1v) is 8.64. The van der Waals surface area contributed by atoms with Crippen molar-refractivity contribution in [3.63, 3.8) is 0 Å². The third-order valence-corrected chi connectivity index (χ3v) is 4.61. The van der Waals surface area contributed by atoms with E-state index in [9.17, 15) is 4.79 Å². The second kappa shape index (κ2) is 6.52. The summed E-state index contributed by atoms with van der Waals surface area (Å²) < 4.78 is 6.88. The molecule has 8 nitrogen and oxygen atoms in total. The Hall–Kier alpha value is -3.33. The third kappa shape index (κ3) is 3.11. The van der Waals surface area contributed by atoms with Crippen molar-refractivity contribution in [1.29, 1.82) is 0 Å². The minimum atomic E-state index is -0.643. The molecule has 0 saturated heterocycles. The van der Waals surface area contributed by atoms with Crippen LogP contribution in [0.15, 0.2) is 42.3 Å². The maximum atomic E-state index is 12.2. The minimum Gasteiger partial charge on any atom is -0.406 e. The zero-order valence-electron chi connectivity index (χ0n) is 14.0. The smallest absolute Gasteiger partial charge is 0.406 e. The number of nitrogens with one attached hydrogen (secondary N) is 1. The summed E-state index contributed by atoms with van der Waals surface area (Å²) >= 11 is 1.47. The molecule has 1 N–H and O–H groups in total. The Kier molecular flexibility index (Phi) is 4.05. The van der Waals surface area contributed by atoms with E-state index in [1.165, 1.54) is 17.5 Å². The molecule has 0 aliphatic carbocycles. The number of ether oxygens (including phenoxy) is 1. The van der Waals surface area contributed by atoms with Gasteiger partial charge in [-0.05, 0) is 26.0 Å². The quantitative estimate of drug-likeness (QED) is 0.598. The van der Waals surface area contributed by atoms with E-state index in [1.54, 1.807) is 30.2 Å². The summed E-state index contributed by atoms with van der Waals surface area (Å²) in [4.78, 5) is 29.2. The molecule has 0 fully saturated rings. The number of rotatable bonds is 3. The van der Waals surface area contributed by atoms with E-state index in [2.05, 4.69) is 25.4 Å². The molecular formula is C17H14N6O2S. The van der Waals surface area contributed by atoms with E-state index in [0.29, 0.717) is 11.5 Å². The standard InChI is InChI=1S/C17H14N6O2S/c1-10-9-26-16(20-10)15-19-8-14(11(2)21-15)25-17(24)22-23-6-4-12-3-5-18-7-13(12)23/h3-9H,1-2H3,(H,22,24). The average Bonchev–Trinajstić information content (AvgIpc) is 3.24. The van der Waals surface area contributed by atoms with Gasteiger partial charge in [-0.15, -0.1) is 11.3 Å². The second-order valence-corrected chi connectivity index (χ2v) is 6.42. The number of pyridine rings is 1. The van der Waals surface area contributed by atoms with E-state index in [0.717, 1.165) is 21.6 Å². The van der Waals surface area contributed by atoms with Crippen molar-refractivity contribution < 1.29 is 9.53 Å². The van der Waals surface area contributed by atoms with Crippen molar-refractivity contribution in [3.05, 3.63) is 53.7 Å². The van der Waals surface area contributed by atoms with E-state index in [1.807, 2.05) is 24.4 Å². The lowest BCUT2D eigenvalue weighted by molar-refractivity contribution is 0.211. The molecule has 4 aromatic rings. The Morgan fingerprint density at radius 1 is 1.23 bits per heavy atom. The molecule has 0 spiro atoms. The summed E-state index contributed by atoms with van der Waals surface area (Å²) in [5.41, 5.74) is 4.88. The van der Waals surface area contributed by atoms with Gasteiger partial charge in [0.15, 0.2) is 16.6 Å². The molecule has 0 aromatic carbocycles. The summed E-state index contributed by atoms with van der Waals surface area (Å²) in [5, 5.41) is 3.62. The lowest BCUT2D eigenvalue weighted by Crippen LogP contribution is -2.25. The van der Waals surface area contributed by atoms with Crippen LogP contribution in [0.2, 0.25) is 0 Å². The van der Waals surface area contributed by atoms with Gasteiger partial charge in [0.25, 0.3) is 0 Å². The molecule has 0 atom stereocenters. The van der Waals surface area contributed by atoms with Gasteiger partial charge in [0.2, 0.25) is 0 Å². The van der Waals surface area contributed by atoms with Crippen LogP contribution in [0.25, 0.3) is 21.7 Å². The van der Waals surface area contributed by atoms with Crippen molar-refractivity contribution in [2.45, 2.75) is 13.8 Å². The molecule has 1 amide bonds. The predicted molar refractivity (Wildman–Crippen MR) is 97.7 cm³/mol. The number of carbonyl (C=O) groups is 1. The number of thiazole rings is 1. The molecule has 0 bridgehead atoms. The molecule has 0 aliphatic heterocycles. The maximum Gasteiger partial charge on any atom is 0.432 e. The summed E-state index contributed by atoms with van der Waals surface area (Å²) in [6.07, 6.45) is 5.91. The molecule has 26 heavy (non-hydrogen) atoms. The summed E-state index contributed by atoms with van der Waals surface area (Å²) in [5.74, 6) is 0.796. The van der Waals surface area contributed by atoms with Crippen molar-refractivity contribution in [2.24, 2.45) is 0 Å². The van der Waals surface area contributed by atoms with E-state index in [4.69, 9.17) is 4.74 Å². The van der Waals surface area contributed by atoms with Crippen molar-refractivity contribution in [2.75, 3.05) is 5.43 Å². The van der Waals surface area contributed by atoms with Gasteiger partial charge in [-0.2, -0.15) is 0 Å². The molecule has 9 heteroatoms. The first-order valence-electron chi connectivity index (χ1n) is 7.76. The van der Waals surface area contributed by atoms with Gasteiger partial charge in [-0.3, -0.25) is 9.66 Å². The highest BCUT2D eigenvalue weighted by Crippen LogP contribution is 2.23. The molecule has 0 unspecified atom stereocenters. The number of aryl methyl sites for hydroxylation is 2. The van der Waals surface area contributed by atoms with Gasteiger partial charge in [0.1, 0.15) is 0 Å². The summed E-state index contributed by atoms with van der Waals surface area (Å²) in [7, 11) is 0. The molecule has 0 aliphatic rings. The van der Waals surface area contributed by atoms with Crippen LogP contribution in [0, 0.1) is 13.8 Å². The second-order valence-electron chi connectivity index (χ2n) is 5.56. The van der Waals surface area contributed by atoms with E-state index >= 15 is 0 Å². The van der Waals surface area contributed by atoms with Crippen molar-refractivity contribution in [1.82, 2.24) is 24.6 Å². The van der Waals surface area contributed by atoms with Crippen LogP contribution in [0.3, 0.4) is 0 Å². The van der Waals surface area contributed by atoms with Gasteiger partial charge in [0.05, 0.1) is 23.6 Å². The van der Waals surface area contributed by atoms with Crippen LogP contribution < -0.4 is 10.2 Å². The minimum absolute atomic E-state index is 0.286. The van der Waals surface area contributed by atoms with Gasteiger partial charge in [0, 0.05) is 28.9 Å². The molecule has 0 saturated carbocycles. The number of carbonyl (C=O) groups excluding carboxylic acids is 1. The number of hydrogen-bond donors (Lipinski definition) is 1. The van der Waals surface area contributed by atoms with Crippen LogP contribution >= 0.6 is 11.3 Å². The fraction of sp³-hybridized carbons (Fsp3) is 0.118. The number of amides is 1. The van der Waals surface area contributed by atoms with Crippen LogP contribution in [0.5, 0.6) is 5.75 Å². The van der Waals surface area contributed by atoms with Gasteiger partial charge < -0.3 is 4.74 Å². The monoisotopic (exact) mass is 366 g/mol. The molecule has 4 aromatic heterocycles. The molecular weight excluding hydrogens is 352 g/mol. The highest BCUT2D eigenvalue weighted by Gasteiger charge is 2.13. The Bertz CT molecular complexity index is 1100. The maximum absolute atomic E-state index is 12.2. The van der Waals surface area contributed by atoms with Crippen LogP contribution in [0.4, 0.5) is 4.79 Å². The lowest BCUT2D eigenvalue weighted by Gasteiger charge is -2.10. The van der Waals surface area contributed by atoms with Crippen LogP contribution in [-0.2, 0) is 0 Å². The molecule has 4 heterocycles. The number of aromatic nitrogens is 5. The topological polar surface area (TPSA) is 94.8 Å². The Morgan fingerprint density at radius 2 is 2.12 bits per heavy atom. The first-order chi connectivity index (χ1) is 12.6. The molecule has 4 rings (SSSR count). The Labute approximate surface area is 152 Å². The van der Waals surface area contributed by atoms with E-state index in [-0.39, 0.29) is 5.75 Å². The highest BCUT2D eigenvalue weighted by molar-refractivity contribution is 7.13.